The van der Waals surface area contributed by atoms with Gasteiger partial charge in [0.25, 0.3) is 0 Å². The number of nitrogens with one attached hydrogen (secondary N) is 1. The molecule has 18 heavy (non-hydrogen) atoms. The quantitative estimate of drug-likeness (QED) is 0.783. The third kappa shape index (κ3) is 3.24. The summed E-state index contributed by atoms with van der Waals surface area (Å²) < 4.78 is 5.13. The smallest absolute Gasteiger partial charge is 0.136 e. The average molecular weight is 244 g/mol. The van der Waals surface area contributed by atoms with Crippen LogP contribution in [0.3, 0.4) is 0 Å². The van der Waals surface area contributed by atoms with Crippen LogP contribution in [-0.2, 0) is 6.54 Å². The molecule has 2 rings (SSSR count). The molecule has 96 valence electrons. The lowest BCUT2D eigenvalue weighted by molar-refractivity contribution is 0.292. The second-order valence-corrected chi connectivity index (χ2v) is 4.91. The van der Waals surface area contributed by atoms with Crippen LogP contribution in [0, 0.1) is 17.2 Å². The van der Waals surface area contributed by atoms with Crippen LogP contribution in [0.4, 0.5) is 0 Å². The second kappa shape index (κ2) is 6.42. The normalized spacial score (nSPS) is 14.9. The van der Waals surface area contributed by atoms with Gasteiger partial charge in [-0.25, -0.2) is 0 Å². The lowest BCUT2D eigenvalue weighted by Crippen LogP contribution is -2.21. The largest absolute Gasteiger partial charge is 0.495 e. The van der Waals surface area contributed by atoms with Crippen LogP contribution in [0.5, 0.6) is 5.75 Å². The van der Waals surface area contributed by atoms with E-state index in [0.29, 0.717) is 11.3 Å². The standard InChI is InChI=1S/C15H20N2O/c1-18-15-6-5-13(9-14(15)10-16)11-17-8-7-12-3-2-4-12/h5-6,9,12,17H,2-4,7-8,11H2,1H3. The molecule has 1 aromatic carbocycles. The summed E-state index contributed by atoms with van der Waals surface area (Å²) in [5.74, 6) is 1.60. The third-order valence-corrected chi connectivity index (χ3v) is 3.67. The molecule has 3 heteroatoms. The van der Waals surface area contributed by atoms with Gasteiger partial charge >= 0.3 is 0 Å². The van der Waals surface area contributed by atoms with Crippen molar-refractivity contribution in [2.75, 3.05) is 13.7 Å². The van der Waals surface area contributed by atoms with E-state index in [1.807, 2.05) is 18.2 Å². The van der Waals surface area contributed by atoms with E-state index in [4.69, 9.17) is 10.00 Å². The van der Waals surface area contributed by atoms with Crippen LogP contribution in [0.15, 0.2) is 18.2 Å². The molecule has 0 unspecified atom stereocenters. The van der Waals surface area contributed by atoms with Crippen molar-refractivity contribution >= 4 is 0 Å². The highest BCUT2D eigenvalue weighted by atomic mass is 16.5. The van der Waals surface area contributed by atoms with Crippen molar-refractivity contribution in [2.45, 2.75) is 32.2 Å². The molecule has 0 bridgehead atoms. The molecule has 1 N–H and O–H groups in total. The number of hydrogen-bond acceptors (Lipinski definition) is 3. The topological polar surface area (TPSA) is 45.0 Å². The summed E-state index contributed by atoms with van der Waals surface area (Å²) >= 11 is 0. The van der Waals surface area contributed by atoms with Crippen LogP contribution in [-0.4, -0.2) is 13.7 Å². The molecule has 0 radical (unpaired) electrons. The predicted octanol–water partition coefficient (Wildman–Crippen LogP) is 2.85. The van der Waals surface area contributed by atoms with Crippen molar-refractivity contribution in [2.24, 2.45) is 5.92 Å². The van der Waals surface area contributed by atoms with Gasteiger partial charge in [0, 0.05) is 6.54 Å². The van der Waals surface area contributed by atoms with Gasteiger partial charge in [0.2, 0.25) is 0 Å². The summed E-state index contributed by atoms with van der Waals surface area (Å²) in [6.07, 6.45) is 5.50. The number of benzene rings is 1. The summed E-state index contributed by atoms with van der Waals surface area (Å²) in [5.41, 5.74) is 1.75. The molecule has 0 aliphatic heterocycles. The highest BCUT2D eigenvalue weighted by Gasteiger charge is 2.16. The Morgan fingerprint density at radius 3 is 2.89 bits per heavy atom. The van der Waals surface area contributed by atoms with Gasteiger partial charge < -0.3 is 10.1 Å². The van der Waals surface area contributed by atoms with Gasteiger partial charge in [-0.3, -0.25) is 0 Å². The zero-order chi connectivity index (χ0) is 12.8. The molecule has 0 heterocycles. The van der Waals surface area contributed by atoms with E-state index < -0.39 is 0 Å². The molecule has 0 saturated heterocycles. The van der Waals surface area contributed by atoms with Crippen LogP contribution >= 0.6 is 0 Å². The van der Waals surface area contributed by atoms with Gasteiger partial charge in [-0.15, -0.1) is 0 Å². The van der Waals surface area contributed by atoms with Crippen LogP contribution in [0.1, 0.15) is 36.8 Å². The minimum absolute atomic E-state index is 0.607. The summed E-state index contributed by atoms with van der Waals surface area (Å²) in [5, 5.41) is 12.4. The maximum atomic E-state index is 9.01. The van der Waals surface area contributed by atoms with Crippen molar-refractivity contribution in [3.05, 3.63) is 29.3 Å². The molecule has 0 atom stereocenters. The van der Waals surface area contributed by atoms with E-state index in [1.54, 1.807) is 7.11 Å². The number of ether oxygens (including phenoxy) is 1. The van der Waals surface area contributed by atoms with E-state index in [-0.39, 0.29) is 0 Å². The predicted molar refractivity (Wildman–Crippen MR) is 71.4 cm³/mol. The van der Waals surface area contributed by atoms with Crippen LogP contribution in [0.25, 0.3) is 0 Å². The maximum Gasteiger partial charge on any atom is 0.136 e. The number of rotatable bonds is 6. The summed E-state index contributed by atoms with van der Waals surface area (Å²) in [6.45, 7) is 1.89. The zero-order valence-corrected chi connectivity index (χ0v) is 10.9. The monoisotopic (exact) mass is 244 g/mol. The van der Waals surface area contributed by atoms with Gasteiger partial charge in [0.15, 0.2) is 0 Å². The van der Waals surface area contributed by atoms with Crippen molar-refractivity contribution in [3.63, 3.8) is 0 Å². The Labute approximate surface area is 109 Å². The summed E-state index contributed by atoms with van der Waals surface area (Å²) in [4.78, 5) is 0. The van der Waals surface area contributed by atoms with Gasteiger partial charge in [-0.2, -0.15) is 5.26 Å². The molecule has 1 fully saturated rings. The first-order valence-electron chi connectivity index (χ1n) is 6.61. The fourth-order valence-electron chi connectivity index (χ4n) is 2.27. The second-order valence-electron chi connectivity index (χ2n) is 4.91. The molecule has 0 aromatic heterocycles. The number of nitrogens with zero attached hydrogens (tertiary/aromatic N) is 1. The number of hydrogen-bond donors (Lipinski definition) is 1. The Balaban J connectivity index is 1.79. The van der Waals surface area contributed by atoms with Gasteiger partial charge in [0.1, 0.15) is 11.8 Å². The van der Waals surface area contributed by atoms with E-state index in [9.17, 15) is 0 Å². The zero-order valence-electron chi connectivity index (χ0n) is 10.9. The molecule has 1 aliphatic carbocycles. The fourth-order valence-corrected chi connectivity index (χ4v) is 2.27. The molecule has 1 aliphatic rings. The maximum absolute atomic E-state index is 9.01. The van der Waals surface area contributed by atoms with Crippen molar-refractivity contribution in [1.82, 2.24) is 5.32 Å². The third-order valence-electron chi connectivity index (χ3n) is 3.67. The first kappa shape index (κ1) is 12.9. The highest BCUT2D eigenvalue weighted by molar-refractivity contribution is 5.45. The van der Waals surface area contributed by atoms with Gasteiger partial charge in [0.05, 0.1) is 12.7 Å². The van der Waals surface area contributed by atoms with Crippen molar-refractivity contribution in [3.8, 4) is 11.8 Å². The van der Waals surface area contributed by atoms with E-state index in [2.05, 4.69) is 11.4 Å². The molecule has 1 aromatic rings. The van der Waals surface area contributed by atoms with Crippen molar-refractivity contribution < 1.29 is 4.74 Å². The SMILES string of the molecule is COc1ccc(CNCCC2CCC2)cc1C#N. The van der Waals surface area contributed by atoms with Gasteiger partial charge in [-0.05, 0) is 36.6 Å². The highest BCUT2D eigenvalue weighted by Crippen LogP contribution is 2.28. The molecular weight excluding hydrogens is 224 g/mol. The summed E-state index contributed by atoms with van der Waals surface area (Å²) in [7, 11) is 1.59. The van der Waals surface area contributed by atoms with Crippen molar-refractivity contribution in [1.29, 1.82) is 5.26 Å². The Hall–Kier alpha value is -1.53. The van der Waals surface area contributed by atoms with E-state index >= 15 is 0 Å². The lowest BCUT2D eigenvalue weighted by Gasteiger charge is -2.25. The molecule has 0 amide bonds. The minimum atomic E-state index is 0.607. The molecule has 3 nitrogen and oxygen atoms in total. The number of nitriles is 1. The molecule has 1 saturated carbocycles. The molecule has 0 spiro atoms. The first-order chi connectivity index (χ1) is 8.83. The average Bonchev–Trinajstić information content (AvgIpc) is 2.36. The van der Waals surface area contributed by atoms with E-state index in [1.165, 1.54) is 25.7 Å². The Morgan fingerprint density at radius 1 is 1.44 bits per heavy atom. The van der Waals surface area contributed by atoms with Crippen LogP contribution in [0.2, 0.25) is 0 Å². The van der Waals surface area contributed by atoms with Gasteiger partial charge in [-0.1, -0.05) is 25.3 Å². The minimum Gasteiger partial charge on any atom is -0.495 e. The molecular formula is C15H20N2O. The Kier molecular flexibility index (Phi) is 4.60. The number of methoxy groups -OCH3 is 1. The van der Waals surface area contributed by atoms with Crippen LogP contribution < -0.4 is 10.1 Å². The Morgan fingerprint density at radius 2 is 2.28 bits per heavy atom. The Bertz CT molecular complexity index is 433. The fraction of sp³-hybridized carbons (Fsp3) is 0.533. The summed E-state index contributed by atoms with van der Waals surface area (Å²) in [6, 6.07) is 7.93. The van der Waals surface area contributed by atoms with E-state index in [0.717, 1.165) is 24.6 Å². The first-order valence-corrected chi connectivity index (χ1v) is 6.61. The lowest BCUT2D eigenvalue weighted by atomic mass is 9.83.